The summed E-state index contributed by atoms with van der Waals surface area (Å²) in [5.74, 6) is -2.49. The number of rotatable bonds is 11. The fourth-order valence-corrected chi connectivity index (χ4v) is 6.82. The number of nitrogens with zero attached hydrogens (tertiary/aromatic N) is 6. The van der Waals surface area contributed by atoms with Gasteiger partial charge in [-0.1, -0.05) is 19.1 Å². The van der Waals surface area contributed by atoms with E-state index in [1.807, 2.05) is 31.4 Å². The highest BCUT2D eigenvalue weighted by atomic mass is 32.1. The number of hydrogen-bond donors (Lipinski definition) is 1. The van der Waals surface area contributed by atoms with Gasteiger partial charge in [0.1, 0.15) is 41.7 Å². The van der Waals surface area contributed by atoms with E-state index in [9.17, 15) is 19.1 Å². The molecule has 276 valence electrons. The normalized spacial score (nSPS) is 13.2. The van der Waals surface area contributed by atoms with E-state index in [1.165, 1.54) is 23.1 Å². The lowest BCUT2D eigenvalue weighted by molar-refractivity contribution is -0.689. The minimum absolute atomic E-state index is 0.224. The van der Waals surface area contributed by atoms with Gasteiger partial charge in [0.15, 0.2) is 0 Å². The number of aliphatic hydroxyl groups is 1. The molecule has 0 saturated carbocycles. The highest BCUT2D eigenvalue weighted by molar-refractivity contribution is 7.10. The number of hydrogen-bond acceptors (Lipinski definition) is 9. The first-order valence-electron chi connectivity index (χ1n) is 16.8. The molecule has 1 N–H and O–H groups in total. The Labute approximate surface area is 310 Å². The van der Waals surface area contributed by atoms with Crippen molar-refractivity contribution in [3.05, 3.63) is 117 Å². The van der Waals surface area contributed by atoms with Crippen molar-refractivity contribution in [2.24, 2.45) is 0 Å². The van der Waals surface area contributed by atoms with Crippen LogP contribution in [0.2, 0.25) is 0 Å². The van der Waals surface area contributed by atoms with Crippen molar-refractivity contribution in [2.75, 3.05) is 13.6 Å². The summed E-state index contributed by atoms with van der Waals surface area (Å²) in [6.45, 7) is 10.4. The second-order valence-corrected chi connectivity index (χ2v) is 14.9. The number of thiazole rings is 1. The number of carbonyl (C=O) groups excluding carboxylic acids is 2. The first-order valence-corrected chi connectivity index (χ1v) is 17.6. The maximum Gasteiger partial charge on any atom is 0.410 e. The summed E-state index contributed by atoms with van der Waals surface area (Å²) < 4.78 is 44.1. The molecule has 0 saturated heterocycles. The lowest BCUT2D eigenvalue weighted by Crippen LogP contribution is -2.39. The monoisotopic (exact) mass is 743 g/mol. The van der Waals surface area contributed by atoms with Gasteiger partial charge in [0.25, 0.3) is 6.33 Å². The molecule has 53 heavy (non-hydrogen) atoms. The van der Waals surface area contributed by atoms with Gasteiger partial charge >= 0.3 is 12.1 Å². The summed E-state index contributed by atoms with van der Waals surface area (Å²) in [6, 6.07) is 15.7. The molecule has 11 nitrogen and oxygen atoms in total. The number of nitriles is 1. The maximum absolute atomic E-state index is 15.4. The van der Waals surface area contributed by atoms with Gasteiger partial charge in [0.2, 0.25) is 6.33 Å². The van der Waals surface area contributed by atoms with Crippen LogP contribution in [0, 0.1) is 36.8 Å². The lowest BCUT2D eigenvalue weighted by Gasteiger charge is -2.32. The van der Waals surface area contributed by atoms with Crippen molar-refractivity contribution in [1.82, 2.24) is 19.7 Å². The van der Waals surface area contributed by atoms with Crippen LogP contribution in [0.3, 0.4) is 0 Å². The Bertz CT molecular complexity index is 2150. The topological polar surface area (TPSA) is 134 Å². The minimum Gasteiger partial charge on any atom is -0.444 e. The van der Waals surface area contributed by atoms with Crippen molar-refractivity contribution in [3.8, 4) is 23.1 Å². The minimum atomic E-state index is -1.97. The van der Waals surface area contributed by atoms with E-state index in [-0.39, 0.29) is 18.7 Å². The molecule has 0 bridgehead atoms. The van der Waals surface area contributed by atoms with E-state index in [2.05, 4.69) is 11.2 Å². The van der Waals surface area contributed by atoms with E-state index in [0.717, 1.165) is 34.2 Å². The Morgan fingerprint density at radius 3 is 2.42 bits per heavy atom. The number of carbonyl (C=O) groups is 2. The van der Waals surface area contributed by atoms with Gasteiger partial charge in [-0.15, -0.1) is 16.0 Å². The molecule has 2 atom stereocenters. The molecule has 0 spiro atoms. The molecule has 0 aliphatic rings. The van der Waals surface area contributed by atoms with Crippen molar-refractivity contribution in [2.45, 2.75) is 71.8 Å². The molecule has 0 aliphatic carbocycles. The number of aromatic nitrogens is 4. The first kappa shape index (κ1) is 38.7. The molecule has 0 fully saturated rings. The standard InChI is InChI=1S/C39H41F2N6O5S/c1-24-14-28(15-25(2)35(24)51-34(48)19-45(7)37(49)52-38(4,5)6)18-46-22-43-47(23-46)21-39(50,31-16-30(40)12-13-32(31)41)26(3)36-44-33(20-53-36)29-10-8-27(17-42)9-11-29/h8-16,20,22-23,26,50H,18-19,21H2,1-7H3/q+1/t26-,39+/m0/s1. The van der Waals surface area contributed by atoms with Crippen LogP contribution >= 0.6 is 11.3 Å². The third-order valence-electron chi connectivity index (χ3n) is 8.52. The number of benzene rings is 3. The Balaban J connectivity index is 1.34. The second-order valence-electron chi connectivity index (χ2n) is 14.0. The average Bonchev–Trinajstić information content (AvgIpc) is 3.76. The van der Waals surface area contributed by atoms with Gasteiger partial charge in [-0.2, -0.15) is 5.26 Å². The quantitative estimate of drug-likeness (QED) is 0.0913. The zero-order chi connectivity index (χ0) is 38.7. The number of aryl methyl sites for hydroxylation is 2. The van der Waals surface area contributed by atoms with E-state index >= 15 is 4.39 Å². The lowest BCUT2D eigenvalue weighted by atomic mass is 9.82. The van der Waals surface area contributed by atoms with Gasteiger partial charge in [-0.25, -0.2) is 27.9 Å². The second kappa shape index (κ2) is 15.6. The Hall–Kier alpha value is -5.52. The maximum atomic E-state index is 15.4. The molecular formula is C39H41F2N6O5S+. The summed E-state index contributed by atoms with van der Waals surface area (Å²) in [5, 5.41) is 28.2. The van der Waals surface area contributed by atoms with Crippen LogP contribution in [0.5, 0.6) is 5.75 Å². The van der Waals surface area contributed by atoms with Crippen LogP contribution in [0.25, 0.3) is 11.3 Å². The van der Waals surface area contributed by atoms with Crippen LogP contribution in [0.15, 0.2) is 72.6 Å². The highest BCUT2D eigenvalue weighted by Crippen LogP contribution is 2.41. The number of ether oxygens (including phenoxy) is 2. The summed E-state index contributed by atoms with van der Waals surface area (Å²) in [4.78, 5) is 30.8. The van der Waals surface area contributed by atoms with Crippen LogP contribution < -0.4 is 9.30 Å². The van der Waals surface area contributed by atoms with Gasteiger partial charge < -0.3 is 19.5 Å². The van der Waals surface area contributed by atoms with Crippen LogP contribution in [0.1, 0.15) is 66.4 Å². The van der Waals surface area contributed by atoms with Crippen LogP contribution in [-0.2, 0) is 28.2 Å². The van der Waals surface area contributed by atoms with Gasteiger partial charge in [-0.05, 0) is 93.8 Å². The molecule has 2 heterocycles. The third kappa shape index (κ3) is 9.29. The fraction of sp³-hybridized carbons (Fsp3) is 0.333. The fourth-order valence-electron chi connectivity index (χ4n) is 5.84. The Morgan fingerprint density at radius 2 is 1.77 bits per heavy atom. The average molecular weight is 744 g/mol. The SMILES string of the molecule is Cc1cc(C[n+]2cnn(C[C@](O)(c3cc(F)ccc3F)[C@@H](C)c3nc(-c4ccc(C#N)cc4)cs3)c2)cc(C)c1OC(=O)CN(C)C(=O)OC(C)(C)C. The molecule has 1 amide bonds. The molecule has 5 rings (SSSR count). The molecular weight excluding hydrogens is 703 g/mol. The smallest absolute Gasteiger partial charge is 0.410 e. The predicted octanol–water partition coefficient (Wildman–Crippen LogP) is 6.57. The highest BCUT2D eigenvalue weighted by Gasteiger charge is 2.43. The van der Waals surface area contributed by atoms with E-state index in [4.69, 9.17) is 19.7 Å². The largest absolute Gasteiger partial charge is 0.444 e. The van der Waals surface area contributed by atoms with Crippen LogP contribution in [0.4, 0.5) is 13.6 Å². The first-order chi connectivity index (χ1) is 24.9. The van der Waals surface area contributed by atoms with Crippen molar-refractivity contribution in [1.29, 1.82) is 5.26 Å². The van der Waals surface area contributed by atoms with Crippen molar-refractivity contribution >= 4 is 23.4 Å². The predicted molar refractivity (Wildman–Crippen MR) is 193 cm³/mol. The van der Waals surface area contributed by atoms with Gasteiger partial charge in [0.05, 0.1) is 28.9 Å². The number of amides is 1. The molecule has 0 radical (unpaired) electrons. The molecule has 3 aromatic carbocycles. The molecule has 5 aromatic rings. The Morgan fingerprint density at radius 1 is 1.09 bits per heavy atom. The van der Waals surface area contributed by atoms with E-state index in [0.29, 0.717) is 39.7 Å². The Kier molecular flexibility index (Phi) is 11.4. The third-order valence-corrected chi connectivity index (χ3v) is 9.55. The number of likely N-dealkylation sites (N-methyl/N-ethyl adjacent to an activating group) is 1. The van der Waals surface area contributed by atoms with Gasteiger partial charge in [-0.3, -0.25) is 0 Å². The van der Waals surface area contributed by atoms with Crippen molar-refractivity contribution in [3.63, 3.8) is 0 Å². The summed E-state index contributed by atoms with van der Waals surface area (Å²) in [7, 11) is 1.46. The zero-order valence-corrected chi connectivity index (χ0v) is 31.4. The van der Waals surface area contributed by atoms with Gasteiger partial charge in [0, 0.05) is 34.6 Å². The van der Waals surface area contributed by atoms with E-state index < -0.39 is 40.8 Å². The van der Waals surface area contributed by atoms with E-state index in [1.54, 1.807) is 69.2 Å². The molecule has 0 unspecified atom stereocenters. The zero-order valence-electron chi connectivity index (χ0n) is 30.6. The summed E-state index contributed by atoms with van der Waals surface area (Å²) in [5.41, 5.74) is 1.29. The number of halogens is 2. The molecule has 0 aliphatic heterocycles. The summed E-state index contributed by atoms with van der Waals surface area (Å²) in [6.07, 6.45) is 2.58. The molecule has 14 heteroatoms. The summed E-state index contributed by atoms with van der Waals surface area (Å²) >= 11 is 1.28. The van der Waals surface area contributed by atoms with Crippen molar-refractivity contribution < 1.29 is 37.5 Å². The molecule has 2 aromatic heterocycles. The van der Waals surface area contributed by atoms with Crippen LogP contribution in [-0.4, -0.2) is 56.0 Å². The number of esters is 1.